The fraction of sp³-hybridized carbons (Fsp3) is 0.444. The lowest BCUT2D eigenvalue weighted by atomic mass is 9.99. The Balaban J connectivity index is 1.58. The molecule has 1 fully saturated rings. The zero-order valence-corrected chi connectivity index (χ0v) is 16.3. The molecule has 2 heterocycles. The van der Waals surface area contributed by atoms with Gasteiger partial charge in [0.1, 0.15) is 10.8 Å². The van der Waals surface area contributed by atoms with Gasteiger partial charge in [-0.2, -0.15) is 0 Å². The first kappa shape index (κ1) is 20.2. The Morgan fingerprint density at radius 1 is 1.32 bits per heavy atom. The van der Waals surface area contributed by atoms with E-state index in [4.69, 9.17) is 4.74 Å². The van der Waals surface area contributed by atoms with E-state index in [0.717, 1.165) is 17.8 Å². The maximum absolute atomic E-state index is 13.0. The molecule has 3 rings (SSSR count). The third kappa shape index (κ3) is 5.23. The Kier molecular flexibility index (Phi) is 6.88. The summed E-state index contributed by atoms with van der Waals surface area (Å²) in [5.74, 6) is -0.712. The molecule has 150 valence electrons. The number of methoxy groups -OCH3 is 1. The predicted molar refractivity (Wildman–Crippen MR) is 103 cm³/mol. The van der Waals surface area contributed by atoms with Gasteiger partial charge in [0, 0.05) is 38.3 Å². The Hall–Kier alpha value is -2.59. The average molecular weight is 407 g/mol. The fourth-order valence-corrected chi connectivity index (χ4v) is 3.81. The number of anilines is 1. The van der Waals surface area contributed by atoms with E-state index in [1.54, 1.807) is 12.0 Å². The maximum atomic E-state index is 13.0. The number of urea groups is 1. The van der Waals surface area contributed by atoms with Crippen LogP contribution in [0.4, 0.5) is 14.9 Å². The number of carbonyl (C=O) groups excluding carboxylic acids is 2. The molecule has 8 nitrogen and oxygen atoms in total. The van der Waals surface area contributed by atoms with Crippen LogP contribution in [0.15, 0.2) is 24.3 Å². The Labute approximate surface area is 166 Å². The SMILES string of the molecule is COCCNC(=O)N1CCC[C@H](c2nnc(C(=O)Nc3ccc(F)cc3)s2)C1. The molecule has 1 atom stereocenters. The number of piperidine rings is 1. The van der Waals surface area contributed by atoms with Crippen LogP contribution in [0.25, 0.3) is 0 Å². The molecule has 1 aliphatic rings. The first-order chi connectivity index (χ1) is 13.6. The molecule has 2 N–H and O–H groups in total. The zero-order chi connectivity index (χ0) is 19.9. The van der Waals surface area contributed by atoms with Gasteiger partial charge in [-0.3, -0.25) is 4.79 Å². The standard InChI is InChI=1S/C18H22FN5O3S/c1-27-10-8-20-18(26)24-9-2-3-12(11-24)16-22-23-17(28-16)15(25)21-14-6-4-13(19)5-7-14/h4-7,12H,2-3,8-11H2,1H3,(H,20,26)(H,21,25)/t12-/m0/s1. The maximum Gasteiger partial charge on any atom is 0.317 e. The number of halogens is 1. The van der Waals surface area contributed by atoms with Gasteiger partial charge in [-0.05, 0) is 37.1 Å². The van der Waals surface area contributed by atoms with Gasteiger partial charge in [-0.1, -0.05) is 11.3 Å². The van der Waals surface area contributed by atoms with Gasteiger partial charge in [0.25, 0.3) is 5.91 Å². The van der Waals surface area contributed by atoms with Crippen LogP contribution < -0.4 is 10.6 Å². The lowest BCUT2D eigenvalue weighted by Crippen LogP contribution is -2.45. The van der Waals surface area contributed by atoms with Crippen LogP contribution in [-0.2, 0) is 4.74 Å². The van der Waals surface area contributed by atoms with Crippen molar-refractivity contribution >= 4 is 29.0 Å². The van der Waals surface area contributed by atoms with Crippen molar-refractivity contribution in [1.29, 1.82) is 0 Å². The second kappa shape index (κ2) is 9.56. The van der Waals surface area contributed by atoms with Crippen LogP contribution >= 0.6 is 11.3 Å². The summed E-state index contributed by atoms with van der Waals surface area (Å²) in [5, 5.41) is 14.6. The van der Waals surface area contributed by atoms with Crippen molar-refractivity contribution in [3.63, 3.8) is 0 Å². The monoisotopic (exact) mass is 407 g/mol. The van der Waals surface area contributed by atoms with Crippen LogP contribution in [0.5, 0.6) is 0 Å². The van der Waals surface area contributed by atoms with E-state index in [1.807, 2.05) is 0 Å². The number of likely N-dealkylation sites (tertiary alicyclic amines) is 1. The molecule has 0 aliphatic carbocycles. The van der Waals surface area contributed by atoms with E-state index < -0.39 is 0 Å². The van der Waals surface area contributed by atoms with Crippen LogP contribution in [0.3, 0.4) is 0 Å². The van der Waals surface area contributed by atoms with Gasteiger partial charge in [-0.15, -0.1) is 10.2 Å². The number of carbonyl (C=O) groups is 2. The number of amides is 3. The fourth-order valence-electron chi connectivity index (χ4n) is 2.94. The average Bonchev–Trinajstić information content (AvgIpc) is 3.20. The lowest BCUT2D eigenvalue weighted by Gasteiger charge is -2.31. The van der Waals surface area contributed by atoms with Gasteiger partial charge < -0.3 is 20.3 Å². The molecule has 3 amide bonds. The summed E-state index contributed by atoms with van der Waals surface area (Å²) in [4.78, 5) is 26.3. The number of benzene rings is 1. The molecule has 2 aromatic rings. The zero-order valence-electron chi connectivity index (χ0n) is 15.5. The number of hydrogen-bond donors (Lipinski definition) is 2. The van der Waals surface area contributed by atoms with E-state index in [2.05, 4.69) is 20.8 Å². The van der Waals surface area contributed by atoms with E-state index in [-0.39, 0.29) is 28.7 Å². The van der Waals surface area contributed by atoms with Crippen molar-refractivity contribution in [2.75, 3.05) is 38.7 Å². The summed E-state index contributed by atoms with van der Waals surface area (Å²) in [7, 11) is 1.59. The number of aromatic nitrogens is 2. The Morgan fingerprint density at radius 2 is 2.11 bits per heavy atom. The predicted octanol–water partition coefficient (Wildman–Crippen LogP) is 2.46. The minimum atomic E-state index is -0.389. The molecule has 0 radical (unpaired) electrons. The number of nitrogens with one attached hydrogen (secondary N) is 2. The molecule has 0 saturated carbocycles. The van der Waals surface area contributed by atoms with Gasteiger partial charge in [0.05, 0.1) is 6.61 Å². The number of hydrogen-bond acceptors (Lipinski definition) is 6. The minimum Gasteiger partial charge on any atom is -0.383 e. The van der Waals surface area contributed by atoms with Gasteiger partial charge in [0.2, 0.25) is 5.01 Å². The molecule has 10 heteroatoms. The normalized spacial score (nSPS) is 16.6. The highest BCUT2D eigenvalue weighted by Crippen LogP contribution is 2.29. The van der Waals surface area contributed by atoms with Crippen LogP contribution in [0.1, 0.15) is 33.6 Å². The molecular weight excluding hydrogens is 385 g/mol. The van der Waals surface area contributed by atoms with Crippen molar-refractivity contribution in [2.45, 2.75) is 18.8 Å². The third-order valence-electron chi connectivity index (χ3n) is 4.38. The topological polar surface area (TPSA) is 96.4 Å². The van der Waals surface area contributed by atoms with Crippen LogP contribution in [0.2, 0.25) is 0 Å². The smallest absolute Gasteiger partial charge is 0.317 e. The van der Waals surface area contributed by atoms with Gasteiger partial charge >= 0.3 is 6.03 Å². The number of nitrogens with zero attached hydrogens (tertiary/aromatic N) is 3. The first-order valence-electron chi connectivity index (χ1n) is 8.99. The molecular formula is C18H22FN5O3S. The molecule has 0 bridgehead atoms. The molecule has 28 heavy (non-hydrogen) atoms. The van der Waals surface area contributed by atoms with Crippen molar-refractivity contribution < 1.29 is 18.7 Å². The van der Waals surface area contributed by atoms with E-state index in [0.29, 0.717) is 31.9 Å². The second-order valence-electron chi connectivity index (χ2n) is 6.42. The highest BCUT2D eigenvalue weighted by atomic mass is 32.1. The van der Waals surface area contributed by atoms with Crippen molar-refractivity contribution in [3.05, 3.63) is 40.1 Å². The Bertz CT molecular complexity index is 814. The van der Waals surface area contributed by atoms with Gasteiger partial charge in [-0.25, -0.2) is 9.18 Å². The highest BCUT2D eigenvalue weighted by molar-refractivity contribution is 7.13. The van der Waals surface area contributed by atoms with Crippen molar-refractivity contribution in [2.24, 2.45) is 0 Å². The summed E-state index contributed by atoms with van der Waals surface area (Å²) >= 11 is 1.22. The Morgan fingerprint density at radius 3 is 2.86 bits per heavy atom. The van der Waals surface area contributed by atoms with E-state index in [9.17, 15) is 14.0 Å². The quantitative estimate of drug-likeness (QED) is 0.717. The molecule has 1 saturated heterocycles. The second-order valence-corrected chi connectivity index (χ2v) is 7.43. The lowest BCUT2D eigenvalue weighted by molar-refractivity contribution is 0.102. The summed E-state index contributed by atoms with van der Waals surface area (Å²) in [6, 6.07) is 5.39. The summed E-state index contributed by atoms with van der Waals surface area (Å²) < 4.78 is 17.9. The molecule has 0 unspecified atom stereocenters. The summed E-state index contributed by atoms with van der Waals surface area (Å²) in [6.45, 7) is 2.15. The third-order valence-corrected chi connectivity index (χ3v) is 5.46. The van der Waals surface area contributed by atoms with E-state index in [1.165, 1.54) is 35.6 Å². The van der Waals surface area contributed by atoms with Crippen molar-refractivity contribution in [1.82, 2.24) is 20.4 Å². The summed E-state index contributed by atoms with van der Waals surface area (Å²) in [5.41, 5.74) is 0.486. The number of rotatable bonds is 6. The van der Waals surface area contributed by atoms with E-state index >= 15 is 0 Å². The molecule has 1 aliphatic heterocycles. The van der Waals surface area contributed by atoms with Gasteiger partial charge in [0.15, 0.2) is 0 Å². The number of ether oxygens (including phenoxy) is 1. The van der Waals surface area contributed by atoms with Crippen LogP contribution in [0, 0.1) is 5.82 Å². The summed E-state index contributed by atoms with van der Waals surface area (Å²) in [6.07, 6.45) is 1.75. The minimum absolute atomic E-state index is 0.0480. The van der Waals surface area contributed by atoms with Crippen LogP contribution in [-0.4, -0.2) is 60.4 Å². The molecule has 1 aromatic heterocycles. The largest absolute Gasteiger partial charge is 0.383 e. The molecule has 0 spiro atoms. The molecule has 1 aromatic carbocycles. The first-order valence-corrected chi connectivity index (χ1v) is 9.80. The van der Waals surface area contributed by atoms with Crippen molar-refractivity contribution in [3.8, 4) is 0 Å². The highest BCUT2D eigenvalue weighted by Gasteiger charge is 2.28.